The number of hydrogen-bond donors (Lipinski definition) is 1. The van der Waals surface area contributed by atoms with E-state index in [-0.39, 0.29) is 23.8 Å². The van der Waals surface area contributed by atoms with Crippen molar-refractivity contribution in [3.05, 3.63) is 35.7 Å². The molecule has 2 aliphatic rings. The van der Waals surface area contributed by atoms with E-state index in [1.807, 2.05) is 26.8 Å². The molecule has 7 heteroatoms. The second-order valence-corrected chi connectivity index (χ2v) is 8.87. The van der Waals surface area contributed by atoms with Crippen LogP contribution in [0.2, 0.25) is 0 Å². The van der Waals surface area contributed by atoms with E-state index in [1.165, 1.54) is 0 Å². The van der Waals surface area contributed by atoms with Crippen LogP contribution in [0.5, 0.6) is 0 Å². The Hall–Kier alpha value is -2.70. The average Bonchev–Trinajstić information content (AvgIpc) is 3.19. The van der Waals surface area contributed by atoms with Crippen molar-refractivity contribution in [2.45, 2.75) is 39.0 Å². The second-order valence-electron chi connectivity index (χ2n) is 8.87. The first-order valence-electron chi connectivity index (χ1n) is 9.71. The monoisotopic (exact) mass is 383 g/mol. The molecule has 2 heterocycles. The topological polar surface area (TPSA) is 96.5 Å². The number of carbonyl (C=O) groups excluding carboxylic acids is 1. The van der Waals surface area contributed by atoms with Gasteiger partial charge < -0.3 is 14.5 Å². The quantitative estimate of drug-likeness (QED) is 0.871. The number of rotatable bonds is 4. The van der Waals surface area contributed by atoms with Gasteiger partial charge >= 0.3 is 5.97 Å². The Kier molecular flexibility index (Phi) is 4.48. The fourth-order valence-electron chi connectivity index (χ4n) is 3.92. The van der Waals surface area contributed by atoms with E-state index in [9.17, 15) is 14.7 Å². The number of carbonyl (C=O) groups is 2. The summed E-state index contributed by atoms with van der Waals surface area (Å²) < 4.78 is 5.43. The largest absolute Gasteiger partial charge is 0.481 e. The maximum atomic E-state index is 13.2. The van der Waals surface area contributed by atoms with Crippen LogP contribution in [0.4, 0.5) is 0 Å². The first-order valence-corrected chi connectivity index (χ1v) is 9.71. The van der Waals surface area contributed by atoms with Crippen LogP contribution in [-0.2, 0) is 10.2 Å². The van der Waals surface area contributed by atoms with Gasteiger partial charge in [-0.3, -0.25) is 9.59 Å². The van der Waals surface area contributed by atoms with Gasteiger partial charge in [0.25, 0.3) is 11.8 Å². The summed E-state index contributed by atoms with van der Waals surface area (Å²) in [7, 11) is 0. The highest BCUT2D eigenvalue weighted by molar-refractivity contribution is 6.00. The number of benzene rings is 1. The standard InChI is InChI=1S/C21H25N3O4/c1-21(2,3)20-22-17(28-23-20)13-6-4-5-7-14(13)18(25)24-10-15(12-8-9-12)16(11-24)19(26)27/h4-7,12,15-16H,8-11H2,1-3H3,(H,26,27)/t15-,16+/m1/s1. The highest BCUT2D eigenvalue weighted by Gasteiger charge is 2.47. The third-order valence-electron chi connectivity index (χ3n) is 5.68. The molecule has 1 aliphatic carbocycles. The van der Waals surface area contributed by atoms with E-state index in [4.69, 9.17) is 4.52 Å². The van der Waals surface area contributed by atoms with Gasteiger partial charge in [0.05, 0.1) is 17.0 Å². The van der Waals surface area contributed by atoms with Gasteiger partial charge in [-0.25, -0.2) is 0 Å². The fraction of sp³-hybridized carbons (Fsp3) is 0.524. The Labute approximate surface area is 163 Å². The van der Waals surface area contributed by atoms with E-state index < -0.39 is 11.9 Å². The molecule has 0 radical (unpaired) electrons. The van der Waals surface area contributed by atoms with Gasteiger partial charge in [-0.15, -0.1) is 0 Å². The Morgan fingerprint density at radius 2 is 1.89 bits per heavy atom. The van der Waals surface area contributed by atoms with Crippen molar-refractivity contribution in [3.63, 3.8) is 0 Å². The van der Waals surface area contributed by atoms with E-state index in [1.54, 1.807) is 23.1 Å². The fourth-order valence-corrected chi connectivity index (χ4v) is 3.92. The van der Waals surface area contributed by atoms with Gasteiger partial charge in [0, 0.05) is 18.5 Å². The van der Waals surface area contributed by atoms with Crippen LogP contribution in [0.1, 0.15) is 49.8 Å². The Morgan fingerprint density at radius 3 is 2.50 bits per heavy atom. The molecule has 1 N–H and O–H groups in total. The number of likely N-dealkylation sites (tertiary alicyclic amines) is 1. The van der Waals surface area contributed by atoms with Crippen LogP contribution in [0, 0.1) is 17.8 Å². The zero-order valence-electron chi connectivity index (χ0n) is 16.4. The third kappa shape index (κ3) is 3.41. The molecule has 1 saturated carbocycles. The summed E-state index contributed by atoms with van der Waals surface area (Å²) in [6.45, 7) is 6.72. The summed E-state index contributed by atoms with van der Waals surface area (Å²) >= 11 is 0. The first-order chi connectivity index (χ1) is 13.3. The van der Waals surface area contributed by atoms with Crippen molar-refractivity contribution in [1.82, 2.24) is 15.0 Å². The van der Waals surface area contributed by atoms with Gasteiger partial charge in [-0.1, -0.05) is 38.1 Å². The molecular weight excluding hydrogens is 358 g/mol. The number of carboxylic acids is 1. The lowest BCUT2D eigenvalue weighted by atomic mass is 9.92. The van der Waals surface area contributed by atoms with Gasteiger partial charge in [0.2, 0.25) is 0 Å². The molecule has 0 spiro atoms. The van der Waals surface area contributed by atoms with Crippen LogP contribution in [0.15, 0.2) is 28.8 Å². The molecule has 2 atom stereocenters. The highest BCUT2D eigenvalue weighted by Crippen LogP contribution is 2.44. The van der Waals surface area contributed by atoms with Crippen LogP contribution < -0.4 is 0 Å². The zero-order valence-corrected chi connectivity index (χ0v) is 16.4. The summed E-state index contributed by atoms with van der Waals surface area (Å²) in [5.74, 6) is -0.122. The van der Waals surface area contributed by atoms with Gasteiger partial charge in [-0.2, -0.15) is 4.98 Å². The predicted molar refractivity (Wildman–Crippen MR) is 102 cm³/mol. The zero-order chi connectivity index (χ0) is 20.1. The molecular formula is C21H25N3O4. The van der Waals surface area contributed by atoms with Crippen molar-refractivity contribution in [2.75, 3.05) is 13.1 Å². The third-order valence-corrected chi connectivity index (χ3v) is 5.68. The molecule has 28 heavy (non-hydrogen) atoms. The van der Waals surface area contributed by atoms with Crippen molar-refractivity contribution in [3.8, 4) is 11.5 Å². The minimum absolute atomic E-state index is 0.0458. The lowest BCUT2D eigenvalue weighted by molar-refractivity contribution is -0.142. The normalized spacial score (nSPS) is 22.5. The van der Waals surface area contributed by atoms with Crippen LogP contribution >= 0.6 is 0 Å². The molecule has 0 bridgehead atoms. The molecule has 0 unspecified atom stereocenters. The number of hydrogen-bond acceptors (Lipinski definition) is 5. The molecule has 1 aromatic carbocycles. The van der Waals surface area contributed by atoms with E-state index in [0.29, 0.717) is 35.3 Å². The smallest absolute Gasteiger partial charge is 0.308 e. The number of carboxylic acid groups (broad SMARTS) is 1. The highest BCUT2D eigenvalue weighted by atomic mass is 16.5. The van der Waals surface area contributed by atoms with Crippen LogP contribution in [0.3, 0.4) is 0 Å². The molecule has 4 rings (SSSR count). The van der Waals surface area contributed by atoms with Gasteiger partial charge in [0.1, 0.15) is 0 Å². The lowest BCUT2D eigenvalue weighted by Gasteiger charge is -2.17. The molecule has 7 nitrogen and oxygen atoms in total. The second kappa shape index (κ2) is 6.72. The molecule has 2 fully saturated rings. The van der Waals surface area contributed by atoms with Crippen LogP contribution in [0.25, 0.3) is 11.5 Å². The summed E-state index contributed by atoms with van der Waals surface area (Å²) in [6, 6.07) is 7.14. The number of aromatic nitrogens is 2. The summed E-state index contributed by atoms with van der Waals surface area (Å²) in [5, 5.41) is 13.6. The first kappa shape index (κ1) is 18.7. The van der Waals surface area contributed by atoms with Crippen molar-refractivity contribution in [2.24, 2.45) is 17.8 Å². The lowest BCUT2D eigenvalue weighted by Crippen LogP contribution is -2.30. The molecule has 1 amide bonds. The molecule has 1 aromatic heterocycles. The Morgan fingerprint density at radius 1 is 1.18 bits per heavy atom. The van der Waals surface area contributed by atoms with Gasteiger partial charge in [0.15, 0.2) is 5.82 Å². The Bertz CT molecular complexity index is 910. The number of aliphatic carboxylic acids is 1. The van der Waals surface area contributed by atoms with E-state index >= 15 is 0 Å². The Balaban J connectivity index is 1.62. The summed E-state index contributed by atoms with van der Waals surface area (Å²) in [4.78, 5) is 31.1. The predicted octanol–water partition coefficient (Wildman–Crippen LogP) is 3.22. The van der Waals surface area contributed by atoms with E-state index in [2.05, 4.69) is 10.1 Å². The average molecular weight is 383 g/mol. The maximum Gasteiger partial charge on any atom is 0.308 e. The summed E-state index contributed by atoms with van der Waals surface area (Å²) in [5.41, 5.74) is 0.784. The number of nitrogens with zero attached hydrogens (tertiary/aromatic N) is 3. The minimum atomic E-state index is -0.813. The van der Waals surface area contributed by atoms with Crippen molar-refractivity contribution < 1.29 is 19.2 Å². The van der Waals surface area contributed by atoms with Gasteiger partial charge in [-0.05, 0) is 36.8 Å². The number of amides is 1. The molecule has 148 valence electrons. The van der Waals surface area contributed by atoms with Crippen molar-refractivity contribution in [1.29, 1.82) is 0 Å². The van der Waals surface area contributed by atoms with Crippen LogP contribution in [-0.4, -0.2) is 45.1 Å². The maximum absolute atomic E-state index is 13.2. The molecule has 1 saturated heterocycles. The minimum Gasteiger partial charge on any atom is -0.481 e. The SMILES string of the molecule is CC(C)(C)c1noc(-c2ccccc2C(=O)N2C[C@H](C(=O)O)[C@@H](C3CC3)C2)n1. The molecule has 1 aliphatic heterocycles. The molecule has 2 aromatic rings. The van der Waals surface area contributed by atoms with Crippen molar-refractivity contribution >= 4 is 11.9 Å². The summed E-state index contributed by atoms with van der Waals surface area (Å²) in [6.07, 6.45) is 2.12. The van der Waals surface area contributed by atoms with E-state index in [0.717, 1.165) is 12.8 Å².